The number of halogens is 1. The molecule has 0 aromatic heterocycles. The van der Waals surface area contributed by atoms with Gasteiger partial charge in [-0.1, -0.05) is 36.7 Å². The summed E-state index contributed by atoms with van der Waals surface area (Å²) in [5.74, 6) is 0.913. The molecule has 17 heavy (non-hydrogen) atoms. The standard InChI is InChI=1S/C14H22BrNO/c1-5-14(2,3)13(16)9-10-8-11(15)6-7-12(10)17-4/h6-8,13H,5,9,16H2,1-4H3. The third-order valence-corrected chi connectivity index (χ3v) is 4.09. The topological polar surface area (TPSA) is 35.2 Å². The first-order chi connectivity index (χ1) is 7.90. The van der Waals surface area contributed by atoms with Gasteiger partial charge in [-0.25, -0.2) is 0 Å². The Morgan fingerprint density at radius 3 is 2.59 bits per heavy atom. The van der Waals surface area contributed by atoms with Crippen LogP contribution >= 0.6 is 15.9 Å². The fourth-order valence-electron chi connectivity index (χ4n) is 1.68. The van der Waals surface area contributed by atoms with Crippen molar-refractivity contribution in [3.63, 3.8) is 0 Å². The van der Waals surface area contributed by atoms with Crippen molar-refractivity contribution in [3.05, 3.63) is 28.2 Å². The van der Waals surface area contributed by atoms with Crippen LogP contribution in [0.1, 0.15) is 32.8 Å². The van der Waals surface area contributed by atoms with Gasteiger partial charge in [0.2, 0.25) is 0 Å². The second-order valence-corrected chi connectivity index (χ2v) is 6.02. The van der Waals surface area contributed by atoms with Crippen molar-refractivity contribution in [1.29, 1.82) is 0 Å². The summed E-state index contributed by atoms with van der Waals surface area (Å²) in [5.41, 5.74) is 7.61. The van der Waals surface area contributed by atoms with Gasteiger partial charge in [-0.15, -0.1) is 0 Å². The Hall–Kier alpha value is -0.540. The van der Waals surface area contributed by atoms with Gasteiger partial charge >= 0.3 is 0 Å². The molecule has 0 heterocycles. The Bertz CT molecular complexity index is 376. The third-order valence-electron chi connectivity index (χ3n) is 3.60. The monoisotopic (exact) mass is 299 g/mol. The molecule has 3 heteroatoms. The van der Waals surface area contributed by atoms with Gasteiger partial charge in [-0.05, 0) is 42.0 Å². The second kappa shape index (κ2) is 5.87. The molecule has 1 unspecified atom stereocenters. The number of nitrogens with two attached hydrogens (primary N) is 1. The lowest BCUT2D eigenvalue weighted by atomic mass is 9.79. The van der Waals surface area contributed by atoms with E-state index in [1.807, 2.05) is 12.1 Å². The van der Waals surface area contributed by atoms with Crippen LogP contribution in [0.3, 0.4) is 0 Å². The zero-order chi connectivity index (χ0) is 13.1. The minimum atomic E-state index is 0.135. The Balaban J connectivity index is 2.91. The van der Waals surface area contributed by atoms with Crippen molar-refractivity contribution in [2.75, 3.05) is 7.11 Å². The van der Waals surface area contributed by atoms with E-state index in [9.17, 15) is 0 Å². The van der Waals surface area contributed by atoms with Crippen molar-refractivity contribution < 1.29 is 4.74 Å². The van der Waals surface area contributed by atoms with E-state index in [2.05, 4.69) is 42.8 Å². The van der Waals surface area contributed by atoms with E-state index in [-0.39, 0.29) is 11.5 Å². The zero-order valence-electron chi connectivity index (χ0n) is 11.1. The molecular formula is C14H22BrNO. The van der Waals surface area contributed by atoms with Gasteiger partial charge in [0, 0.05) is 10.5 Å². The molecule has 0 fully saturated rings. The Morgan fingerprint density at radius 1 is 1.41 bits per heavy atom. The van der Waals surface area contributed by atoms with Crippen LogP contribution in [0.25, 0.3) is 0 Å². The van der Waals surface area contributed by atoms with Crippen molar-refractivity contribution in [2.45, 2.75) is 39.7 Å². The molecule has 0 saturated heterocycles. The molecule has 0 bridgehead atoms. The summed E-state index contributed by atoms with van der Waals surface area (Å²) in [6.07, 6.45) is 1.91. The van der Waals surface area contributed by atoms with Crippen LogP contribution < -0.4 is 10.5 Å². The first kappa shape index (κ1) is 14.5. The maximum absolute atomic E-state index is 6.30. The molecule has 1 aromatic carbocycles. The number of methoxy groups -OCH3 is 1. The largest absolute Gasteiger partial charge is 0.496 e. The molecule has 0 aliphatic rings. The van der Waals surface area contributed by atoms with Crippen LogP contribution in [-0.4, -0.2) is 13.2 Å². The summed E-state index contributed by atoms with van der Waals surface area (Å²) < 4.78 is 6.44. The highest BCUT2D eigenvalue weighted by atomic mass is 79.9. The first-order valence-corrected chi connectivity index (χ1v) is 6.78. The van der Waals surface area contributed by atoms with Gasteiger partial charge in [0.25, 0.3) is 0 Å². The lowest BCUT2D eigenvalue weighted by molar-refractivity contribution is 0.270. The first-order valence-electron chi connectivity index (χ1n) is 5.98. The van der Waals surface area contributed by atoms with E-state index in [4.69, 9.17) is 10.5 Å². The summed E-state index contributed by atoms with van der Waals surface area (Å²) in [6, 6.07) is 6.18. The molecule has 0 aliphatic heterocycles. The number of rotatable bonds is 5. The average Bonchev–Trinajstić information content (AvgIpc) is 2.29. The highest BCUT2D eigenvalue weighted by Crippen LogP contribution is 2.30. The van der Waals surface area contributed by atoms with Crippen molar-refractivity contribution in [3.8, 4) is 5.75 Å². The smallest absolute Gasteiger partial charge is 0.122 e. The summed E-state index contributed by atoms with van der Waals surface area (Å²) in [6.45, 7) is 6.60. The molecule has 0 aliphatic carbocycles. The zero-order valence-corrected chi connectivity index (χ0v) is 12.7. The van der Waals surface area contributed by atoms with Gasteiger partial charge in [-0.2, -0.15) is 0 Å². The molecule has 0 spiro atoms. The molecule has 1 atom stereocenters. The van der Waals surface area contributed by atoms with Crippen LogP contribution in [0.2, 0.25) is 0 Å². The number of ether oxygens (including phenoxy) is 1. The van der Waals surface area contributed by atoms with Crippen molar-refractivity contribution in [1.82, 2.24) is 0 Å². The minimum Gasteiger partial charge on any atom is -0.496 e. The van der Waals surface area contributed by atoms with Crippen LogP contribution in [0, 0.1) is 5.41 Å². The molecule has 2 nitrogen and oxygen atoms in total. The molecule has 0 radical (unpaired) electrons. The lowest BCUT2D eigenvalue weighted by Crippen LogP contribution is -2.38. The summed E-state index contributed by atoms with van der Waals surface area (Å²) >= 11 is 3.49. The average molecular weight is 300 g/mol. The van der Waals surface area contributed by atoms with E-state index in [1.54, 1.807) is 7.11 Å². The van der Waals surface area contributed by atoms with Gasteiger partial charge < -0.3 is 10.5 Å². The number of hydrogen-bond donors (Lipinski definition) is 1. The van der Waals surface area contributed by atoms with Crippen LogP contribution in [0.4, 0.5) is 0 Å². The van der Waals surface area contributed by atoms with Crippen LogP contribution in [0.15, 0.2) is 22.7 Å². The van der Waals surface area contributed by atoms with E-state index < -0.39 is 0 Å². The highest BCUT2D eigenvalue weighted by Gasteiger charge is 2.25. The summed E-state index contributed by atoms with van der Waals surface area (Å²) in [7, 11) is 1.70. The Labute approximate surface area is 113 Å². The summed E-state index contributed by atoms with van der Waals surface area (Å²) in [4.78, 5) is 0. The lowest BCUT2D eigenvalue weighted by Gasteiger charge is -2.30. The van der Waals surface area contributed by atoms with Crippen LogP contribution in [-0.2, 0) is 6.42 Å². The normalized spacial score (nSPS) is 13.5. The molecular weight excluding hydrogens is 278 g/mol. The molecule has 0 saturated carbocycles. The molecule has 96 valence electrons. The van der Waals surface area contributed by atoms with Gasteiger partial charge in [-0.3, -0.25) is 0 Å². The van der Waals surface area contributed by atoms with E-state index in [0.29, 0.717) is 0 Å². The van der Waals surface area contributed by atoms with E-state index in [0.717, 1.165) is 28.6 Å². The molecule has 1 aromatic rings. The van der Waals surface area contributed by atoms with Crippen LogP contribution in [0.5, 0.6) is 5.75 Å². The van der Waals surface area contributed by atoms with Gasteiger partial charge in [0.1, 0.15) is 5.75 Å². The minimum absolute atomic E-state index is 0.135. The van der Waals surface area contributed by atoms with E-state index in [1.165, 1.54) is 0 Å². The Morgan fingerprint density at radius 2 is 2.06 bits per heavy atom. The predicted octanol–water partition coefficient (Wildman–Crippen LogP) is 3.76. The predicted molar refractivity (Wildman–Crippen MR) is 76.4 cm³/mol. The fourth-order valence-corrected chi connectivity index (χ4v) is 2.09. The fraction of sp³-hybridized carbons (Fsp3) is 0.571. The third kappa shape index (κ3) is 3.71. The maximum Gasteiger partial charge on any atom is 0.122 e. The molecule has 1 rings (SSSR count). The van der Waals surface area contributed by atoms with Crippen molar-refractivity contribution in [2.24, 2.45) is 11.1 Å². The van der Waals surface area contributed by atoms with Crippen molar-refractivity contribution >= 4 is 15.9 Å². The second-order valence-electron chi connectivity index (χ2n) is 5.11. The highest BCUT2D eigenvalue weighted by molar-refractivity contribution is 9.10. The number of hydrogen-bond acceptors (Lipinski definition) is 2. The van der Waals surface area contributed by atoms with E-state index >= 15 is 0 Å². The Kier molecular flexibility index (Phi) is 5.02. The maximum atomic E-state index is 6.30. The SMILES string of the molecule is CCC(C)(C)C(N)Cc1cc(Br)ccc1OC. The molecule has 2 N–H and O–H groups in total. The number of benzene rings is 1. The summed E-state index contributed by atoms with van der Waals surface area (Å²) in [5, 5.41) is 0. The van der Waals surface area contributed by atoms with Gasteiger partial charge in [0.15, 0.2) is 0 Å². The molecule has 0 amide bonds. The quantitative estimate of drug-likeness (QED) is 0.898. The van der Waals surface area contributed by atoms with Gasteiger partial charge in [0.05, 0.1) is 7.11 Å².